The third-order valence-corrected chi connectivity index (χ3v) is 5.03. The van der Waals surface area contributed by atoms with Crippen LogP contribution in [0.3, 0.4) is 0 Å². The molecule has 0 unspecified atom stereocenters. The number of hydrogen-bond donors (Lipinski definition) is 2. The number of rotatable bonds is 9. The van der Waals surface area contributed by atoms with Crippen LogP contribution >= 0.6 is 27.7 Å². The van der Waals surface area contributed by atoms with E-state index in [1.165, 1.54) is 11.8 Å². The minimum Gasteiger partial charge on any atom is -0.497 e. The van der Waals surface area contributed by atoms with E-state index >= 15 is 0 Å². The van der Waals surface area contributed by atoms with Gasteiger partial charge in [0.2, 0.25) is 5.91 Å². The van der Waals surface area contributed by atoms with E-state index in [4.69, 9.17) is 4.74 Å². The van der Waals surface area contributed by atoms with Crippen molar-refractivity contribution in [3.05, 3.63) is 40.6 Å². The smallest absolute Gasteiger partial charge is 0.271 e. The van der Waals surface area contributed by atoms with Gasteiger partial charge in [-0.1, -0.05) is 18.7 Å². The van der Waals surface area contributed by atoms with Gasteiger partial charge in [0, 0.05) is 30.6 Å². The summed E-state index contributed by atoms with van der Waals surface area (Å²) < 4.78 is 5.59. The number of carbonyl (C=O) groups is 2. The monoisotopic (exact) mass is 452 g/mol. The molecule has 9 heteroatoms. The first-order valence-electron chi connectivity index (χ1n) is 8.41. The standard InChI is InChI=1S/C18H21BrN4O3S/c1-3-10-27-18-21-11-14(19)16(23-18)17(25)20-9-8-15(24)22-12-4-6-13(26-2)7-5-12/h4-7,11H,3,8-10H2,1-2H3,(H,20,25)(H,22,24). The normalized spacial score (nSPS) is 10.3. The molecule has 0 aliphatic heterocycles. The van der Waals surface area contributed by atoms with Gasteiger partial charge in [0.25, 0.3) is 5.91 Å². The van der Waals surface area contributed by atoms with Gasteiger partial charge in [-0.25, -0.2) is 9.97 Å². The summed E-state index contributed by atoms with van der Waals surface area (Å²) in [7, 11) is 1.58. The Morgan fingerprint density at radius 2 is 2.00 bits per heavy atom. The quantitative estimate of drug-likeness (QED) is 0.446. The zero-order chi connectivity index (χ0) is 19.6. The van der Waals surface area contributed by atoms with Crippen LogP contribution in [0.5, 0.6) is 5.75 Å². The molecule has 1 heterocycles. The molecule has 0 spiro atoms. The second-order valence-corrected chi connectivity index (χ2v) is 7.40. The molecule has 1 aromatic carbocycles. The Balaban J connectivity index is 1.83. The van der Waals surface area contributed by atoms with E-state index < -0.39 is 0 Å². The second-order valence-electron chi connectivity index (χ2n) is 5.48. The molecule has 0 fully saturated rings. The lowest BCUT2D eigenvalue weighted by Crippen LogP contribution is -2.28. The Morgan fingerprint density at radius 3 is 2.67 bits per heavy atom. The molecule has 2 rings (SSSR count). The summed E-state index contributed by atoms with van der Waals surface area (Å²) in [5.74, 6) is 1.06. The van der Waals surface area contributed by atoms with Crippen molar-refractivity contribution in [1.29, 1.82) is 0 Å². The van der Waals surface area contributed by atoms with Gasteiger partial charge in [0.15, 0.2) is 5.16 Å². The zero-order valence-corrected chi connectivity index (χ0v) is 17.5. The number of halogens is 1. The lowest BCUT2D eigenvalue weighted by atomic mass is 10.3. The summed E-state index contributed by atoms with van der Waals surface area (Å²) in [5.41, 5.74) is 0.933. The largest absolute Gasteiger partial charge is 0.497 e. The molecule has 2 N–H and O–H groups in total. The van der Waals surface area contributed by atoms with Crippen LogP contribution in [0.2, 0.25) is 0 Å². The fraction of sp³-hybridized carbons (Fsp3) is 0.333. The summed E-state index contributed by atoms with van der Waals surface area (Å²) in [4.78, 5) is 32.8. The van der Waals surface area contributed by atoms with Gasteiger partial charge in [-0.05, 0) is 46.6 Å². The van der Waals surface area contributed by atoms with Crippen molar-refractivity contribution in [2.75, 3.05) is 24.7 Å². The third kappa shape index (κ3) is 6.84. The molecule has 0 saturated heterocycles. The minimum absolute atomic E-state index is 0.151. The summed E-state index contributed by atoms with van der Waals surface area (Å²) >= 11 is 4.79. The summed E-state index contributed by atoms with van der Waals surface area (Å²) in [6.07, 6.45) is 2.71. The maximum Gasteiger partial charge on any atom is 0.271 e. The number of amides is 2. The summed E-state index contributed by atoms with van der Waals surface area (Å²) in [6, 6.07) is 7.03. The second kappa shape index (κ2) is 10.9. The van der Waals surface area contributed by atoms with Crippen molar-refractivity contribution < 1.29 is 14.3 Å². The van der Waals surface area contributed by atoms with Crippen molar-refractivity contribution in [3.63, 3.8) is 0 Å². The number of nitrogens with one attached hydrogen (secondary N) is 2. The fourth-order valence-corrected chi connectivity index (χ4v) is 3.09. The molecule has 144 valence electrons. The maximum absolute atomic E-state index is 12.3. The van der Waals surface area contributed by atoms with E-state index in [2.05, 4.69) is 43.5 Å². The van der Waals surface area contributed by atoms with Gasteiger partial charge in [-0.3, -0.25) is 9.59 Å². The molecule has 0 aliphatic rings. The number of nitrogens with zero attached hydrogens (tertiary/aromatic N) is 2. The number of anilines is 1. The predicted molar refractivity (Wildman–Crippen MR) is 109 cm³/mol. The maximum atomic E-state index is 12.3. The molecular weight excluding hydrogens is 432 g/mol. The SMILES string of the molecule is CCCSc1ncc(Br)c(C(=O)NCCC(=O)Nc2ccc(OC)cc2)n1. The Morgan fingerprint density at radius 1 is 1.26 bits per heavy atom. The van der Waals surface area contributed by atoms with Crippen LogP contribution in [-0.4, -0.2) is 41.2 Å². The molecule has 2 amide bonds. The Hall–Kier alpha value is -2.13. The van der Waals surface area contributed by atoms with Gasteiger partial charge >= 0.3 is 0 Å². The molecule has 2 aromatic rings. The number of hydrogen-bond acceptors (Lipinski definition) is 6. The van der Waals surface area contributed by atoms with Crippen LogP contribution in [0, 0.1) is 0 Å². The molecule has 7 nitrogen and oxygen atoms in total. The number of benzene rings is 1. The van der Waals surface area contributed by atoms with E-state index in [1.807, 2.05) is 0 Å². The highest BCUT2D eigenvalue weighted by atomic mass is 79.9. The average molecular weight is 453 g/mol. The number of thioether (sulfide) groups is 1. The van der Waals surface area contributed by atoms with Crippen molar-refractivity contribution in [2.45, 2.75) is 24.9 Å². The molecule has 0 bridgehead atoms. The van der Waals surface area contributed by atoms with E-state index in [0.717, 1.165) is 12.2 Å². The first kappa shape index (κ1) is 21.2. The zero-order valence-electron chi connectivity index (χ0n) is 15.1. The predicted octanol–water partition coefficient (Wildman–Crippen LogP) is 3.51. The lowest BCUT2D eigenvalue weighted by Gasteiger charge is -2.08. The summed E-state index contributed by atoms with van der Waals surface area (Å²) in [5, 5.41) is 6.03. The van der Waals surface area contributed by atoms with Crippen molar-refractivity contribution in [3.8, 4) is 5.75 Å². The number of methoxy groups -OCH3 is 1. The van der Waals surface area contributed by atoms with Crippen LogP contribution in [0.25, 0.3) is 0 Å². The molecule has 1 aromatic heterocycles. The number of aromatic nitrogens is 2. The average Bonchev–Trinajstić information content (AvgIpc) is 2.67. The van der Waals surface area contributed by atoms with Crippen LogP contribution in [0.15, 0.2) is 40.1 Å². The van der Waals surface area contributed by atoms with Gasteiger partial charge in [0.05, 0.1) is 11.6 Å². The topological polar surface area (TPSA) is 93.2 Å². The molecule has 0 atom stereocenters. The van der Waals surface area contributed by atoms with E-state index in [1.54, 1.807) is 37.6 Å². The number of ether oxygens (including phenoxy) is 1. The van der Waals surface area contributed by atoms with Crippen LogP contribution < -0.4 is 15.4 Å². The van der Waals surface area contributed by atoms with E-state index in [9.17, 15) is 9.59 Å². The van der Waals surface area contributed by atoms with Gasteiger partial charge in [-0.2, -0.15) is 0 Å². The Labute approximate surface area is 170 Å². The highest BCUT2D eigenvalue weighted by Gasteiger charge is 2.14. The molecule has 0 aliphatic carbocycles. The van der Waals surface area contributed by atoms with E-state index in [0.29, 0.717) is 21.1 Å². The first-order chi connectivity index (χ1) is 13.0. The Bertz CT molecular complexity index is 787. The third-order valence-electron chi connectivity index (χ3n) is 3.38. The van der Waals surface area contributed by atoms with Crippen LogP contribution in [0.1, 0.15) is 30.3 Å². The highest BCUT2D eigenvalue weighted by Crippen LogP contribution is 2.19. The Kier molecular flexibility index (Phi) is 8.53. The fourth-order valence-electron chi connectivity index (χ4n) is 2.04. The first-order valence-corrected chi connectivity index (χ1v) is 10.2. The van der Waals surface area contributed by atoms with Crippen LogP contribution in [0.4, 0.5) is 5.69 Å². The van der Waals surface area contributed by atoms with E-state index in [-0.39, 0.29) is 30.5 Å². The molecule has 0 saturated carbocycles. The molecule has 27 heavy (non-hydrogen) atoms. The molecule has 0 radical (unpaired) electrons. The molecular formula is C18H21BrN4O3S. The number of carbonyl (C=O) groups excluding carboxylic acids is 2. The highest BCUT2D eigenvalue weighted by molar-refractivity contribution is 9.10. The van der Waals surface area contributed by atoms with Gasteiger partial charge in [-0.15, -0.1) is 0 Å². The van der Waals surface area contributed by atoms with Crippen molar-refractivity contribution >= 4 is 45.2 Å². The lowest BCUT2D eigenvalue weighted by molar-refractivity contribution is -0.116. The van der Waals surface area contributed by atoms with Crippen molar-refractivity contribution in [1.82, 2.24) is 15.3 Å². The minimum atomic E-state index is -0.347. The van der Waals surface area contributed by atoms with Crippen LogP contribution in [-0.2, 0) is 4.79 Å². The van der Waals surface area contributed by atoms with Gasteiger partial charge < -0.3 is 15.4 Å². The van der Waals surface area contributed by atoms with Crippen molar-refractivity contribution in [2.24, 2.45) is 0 Å². The summed E-state index contributed by atoms with van der Waals surface area (Å²) in [6.45, 7) is 2.27. The van der Waals surface area contributed by atoms with Gasteiger partial charge in [0.1, 0.15) is 11.4 Å².